The van der Waals surface area contributed by atoms with Crippen LogP contribution in [0.4, 0.5) is 0 Å². The Labute approximate surface area is 118 Å². The number of nitrogens with two attached hydrogens (primary N) is 1. The summed E-state index contributed by atoms with van der Waals surface area (Å²) in [6.07, 6.45) is 0. The topological polar surface area (TPSA) is 101 Å². The second kappa shape index (κ2) is 5.51. The number of nitrogens with zero attached hydrogens (tertiary/aromatic N) is 1. The van der Waals surface area contributed by atoms with E-state index < -0.39 is 15.9 Å². The van der Waals surface area contributed by atoms with Gasteiger partial charge in [0.2, 0.25) is 15.9 Å². The van der Waals surface area contributed by atoms with E-state index in [4.69, 9.17) is 5.73 Å². The Morgan fingerprint density at radius 2 is 1.95 bits per heavy atom. The van der Waals surface area contributed by atoms with Crippen LogP contribution in [0.5, 0.6) is 0 Å². The van der Waals surface area contributed by atoms with Crippen LogP contribution in [0.2, 0.25) is 0 Å². The van der Waals surface area contributed by atoms with E-state index in [1.807, 2.05) is 6.92 Å². The summed E-state index contributed by atoms with van der Waals surface area (Å²) in [5, 5.41) is 9.22. The predicted octanol–water partition coefficient (Wildman–Crippen LogP) is 0.0344. The fraction of sp³-hybridized carbons (Fsp3) is 0.462. The van der Waals surface area contributed by atoms with Crippen molar-refractivity contribution < 1.29 is 18.3 Å². The third-order valence-corrected chi connectivity index (χ3v) is 5.59. The summed E-state index contributed by atoms with van der Waals surface area (Å²) in [6, 6.07) is 5.56. The quantitative estimate of drug-likeness (QED) is 0.819. The average Bonchev–Trinajstić information content (AvgIpc) is 2.80. The standard InChI is InChI=1S/C13H18N2O4S/c1-9-6-15(7-11(9)8-16)20(18,19)12-4-2-10(3-5-12)13(14)17/h2-5,9,11,16H,6-8H2,1H3,(H2,14,17)/t9-,11+/m1/s1. The second-order valence-corrected chi connectivity index (χ2v) is 7.07. The molecule has 1 heterocycles. The number of aliphatic hydroxyl groups excluding tert-OH is 1. The lowest BCUT2D eigenvalue weighted by Crippen LogP contribution is -2.29. The fourth-order valence-corrected chi connectivity index (χ4v) is 3.96. The maximum atomic E-state index is 12.5. The Kier molecular flexibility index (Phi) is 4.12. The van der Waals surface area contributed by atoms with Crippen LogP contribution in [0.1, 0.15) is 17.3 Å². The molecule has 1 aromatic rings. The van der Waals surface area contributed by atoms with E-state index in [2.05, 4.69) is 0 Å². The smallest absolute Gasteiger partial charge is 0.248 e. The maximum Gasteiger partial charge on any atom is 0.248 e. The first-order valence-corrected chi connectivity index (χ1v) is 7.81. The van der Waals surface area contributed by atoms with Crippen LogP contribution in [0.25, 0.3) is 0 Å². The highest BCUT2D eigenvalue weighted by Gasteiger charge is 2.36. The van der Waals surface area contributed by atoms with Gasteiger partial charge in [-0.25, -0.2) is 8.42 Å². The minimum absolute atomic E-state index is 0.0200. The Morgan fingerprint density at radius 1 is 1.35 bits per heavy atom. The van der Waals surface area contributed by atoms with E-state index in [9.17, 15) is 18.3 Å². The molecular weight excluding hydrogens is 280 g/mol. The Hall–Kier alpha value is -1.44. The minimum Gasteiger partial charge on any atom is -0.396 e. The first kappa shape index (κ1) is 15.0. The van der Waals surface area contributed by atoms with E-state index in [1.165, 1.54) is 28.6 Å². The molecule has 3 N–H and O–H groups in total. The lowest BCUT2D eigenvalue weighted by Gasteiger charge is -2.16. The summed E-state index contributed by atoms with van der Waals surface area (Å²) >= 11 is 0. The molecule has 1 aromatic carbocycles. The van der Waals surface area contributed by atoms with Crippen molar-refractivity contribution >= 4 is 15.9 Å². The van der Waals surface area contributed by atoms with Crippen LogP contribution in [0.15, 0.2) is 29.2 Å². The molecule has 7 heteroatoms. The molecule has 0 bridgehead atoms. The van der Waals surface area contributed by atoms with Crippen molar-refractivity contribution in [2.75, 3.05) is 19.7 Å². The van der Waals surface area contributed by atoms with Gasteiger partial charge in [-0.1, -0.05) is 6.92 Å². The zero-order chi connectivity index (χ0) is 14.9. The lowest BCUT2D eigenvalue weighted by molar-refractivity contribution is 0.1000. The average molecular weight is 298 g/mol. The molecule has 1 aliphatic heterocycles. The lowest BCUT2D eigenvalue weighted by atomic mass is 10.00. The van der Waals surface area contributed by atoms with Crippen LogP contribution in [-0.4, -0.2) is 43.4 Å². The molecule has 2 atom stereocenters. The van der Waals surface area contributed by atoms with Crippen LogP contribution >= 0.6 is 0 Å². The van der Waals surface area contributed by atoms with E-state index in [-0.39, 0.29) is 28.9 Å². The van der Waals surface area contributed by atoms with Crippen LogP contribution in [0.3, 0.4) is 0 Å². The van der Waals surface area contributed by atoms with Gasteiger partial charge in [0.1, 0.15) is 0 Å². The monoisotopic (exact) mass is 298 g/mol. The first-order valence-electron chi connectivity index (χ1n) is 6.37. The molecule has 0 radical (unpaired) electrons. The summed E-state index contributed by atoms with van der Waals surface area (Å²) in [5.41, 5.74) is 5.39. The number of carbonyl (C=O) groups is 1. The molecule has 6 nitrogen and oxygen atoms in total. The number of sulfonamides is 1. The molecule has 1 fully saturated rings. The molecule has 0 unspecified atom stereocenters. The van der Waals surface area contributed by atoms with Gasteiger partial charge >= 0.3 is 0 Å². The molecule has 2 rings (SSSR count). The number of benzene rings is 1. The summed E-state index contributed by atoms with van der Waals surface area (Å²) < 4.78 is 26.3. The second-order valence-electron chi connectivity index (χ2n) is 5.13. The number of hydrogen-bond acceptors (Lipinski definition) is 4. The molecule has 0 spiro atoms. The summed E-state index contributed by atoms with van der Waals surface area (Å²) in [6.45, 7) is 2.61. The number of hydrogen-bond donors (Lipinski definition) is 2. The van der Waals surface area contributed by atoms with Gasteiger partial charge in [-0.15, -0.1) is 0 Å². The largest absolute Gasteiger partial charge is 0.396 e. The van der Waals surface area contributed by atoms with E-state index in [0.717, 1.165) is 0 Å². The van der Waals surface area contributed by atoms with Crippen molar-refractivity contribution in [3.05, 3.63) is 29.8 Å². The first-order chi connectivity index (χ1) is 9.36. The van der Waals surface area contributed by atoms with E-state index in [0.29, 0.717) is 13.1 Å². The van der Waals surface area contributed by atoms with Gasteiger partial charge in [-0.2, -0.15) is 4.31 Å². The highest BCUT2D eigenvalue weighted by molar-refractivity contribution is 7.89. The third kappa shape index (κ3) is 2.70. The molecule has 1 amide bonds. The number of carbonyl (C=O) groups excluding carboxylic acids is 1. The summed E-state index contributed by atoms with van der Waals surface area (Å²) in [7, 11) is -3.59. The summed E-state index contributed by atoms with van der Waals surface area (Å²) in [4.78, 5) is 11.1. The van der Waals surface area contributed by atoms with Gasteiger partial charge in [-0.3, -0.25) is 4.79 Å². The van der Waals surface area contributed by atoms with Crippen molar-refractivity contribution in [2.24, 2.45) is 17.6 Å². The van der Waals surface area contributed by atoms with Crippen LogP contribution in [0, 0.1) is 11.8 Å². The zero-order valence-corrected chi connectivity index (χ0v) is 12.0. The van der Waals surface area contributed by atoms with Crippen molar-refractivity contribution in [2.45, 2.75) is 11.8 Å². The number of amides is 1. The van der Waals surface area contributed by atoms with Gasteiger partial charge < -0.3 is 10.8 Å². The highest BCUT2D eigenvalue weighted by Crippen LogP contribution is 2.28. The Morgan fingerprint density at radius 3 is 2.40 bits per heavy atom. The maximum absolute atomic E-state index is 12.5. The van der Waals surface area contributed by atoms with Gasteiger partial charge in [-0.05, 0) is 36.1 Å². The van der Waals surface area contributed by atoms with Crippen molar-refractivity contribution in [1.82, 2.24) is 4.31 Å². The zero-order valence-electron chi connectivity index (χ0n) is 11.2. The van der Waals surface area contributed by atoms with E-state index >= 15 is 0 Å². The normalized spacial score (nSPS) is 23.9. The molecule has 110 valence electrons. The van der Waals surface area contributed by atoms with Crippen LogP contribution < -0.4 is 5.73 Å². The van der Waals surface area contributed by atoms with Crippen molar-refractivity contribution in [3.63, 3.8) is 0 Å². The molecule has 1 saturated heterocycles. The number of primary amides is 1. The third-order valence-electron chi connectivity index (χ3n) is 3.75. The Bertz CT molecular complexity index is 597. The van der Waals surface area contributed by atoms with Gasteiger partial charge in [0.15, 0.2) is 0 Å². The van der Waals surface area contributed by atoms with Gasteiger partial charge in [0.25, 0.3) is 0 Å². The molecular formula is C13H18N2O4S. The molecule has 0 saturated carbocycles. The number of aliphatic hydroxyl groups is 1. The minimum atomic E-state index is -3.59. The molecule has 0 aromatic heterocycles. The highest BCUT2D eigenvalue weighted by atomic mass is 32.2. The molecule has 0 aliphatic carbocycles. The van der Waals surface area contributed by atoms with Crippen molar-refractivity contribution in [3.8, 4) is 0 Å². The molecule has 1 aliphatic rings. The summed E-state index contributed by atoms with van der Waals surface area (Å²) in [5.74, 6) is -0.501. The molecule has 20 heavy (non-hydrogen) atoms. The Balaban J connectivity index is 2.25. The predicted molar refractivity (Wildman–Crippen MR) is 73.5 cm³/mol. The van der Waals surface area contributed by atoms with Crippen molar-refractivity contribution in [1.29, 1.82) is 0 Å². The number of rotatable bonds is 4. The van der Waals surface area contributed by atoms with Crippen LogP contribution in [-0.2, 0) is 10.0 Å². The fourth-order valence-electron chi connectivity index (χ4n) is 2.36. The van der Waals surface area contributed by atoms with E-state index in [1.54, 1.807) is 0 Å². The van der Waals surface area contributed by atoms with Gasteiger partial charge in [0, 0.05) is 25.3 Å². The SMILES string of the molecule is C[C@@H]1CN(S(=O)(=O)c2ccc(C(N)=O)cc2)C[C@H]1CO. The van der Waals surface area contributed by atoms with Gasteiger partial charge in [0.05, 0.1) is 4.90 Å².